The van der Waals surface area contributed by atoms with Crippen LogP contribution in [0, 0.1) is 0 Å². The van der Waals surface area contributed by atoms with Crippen molar-refractivity contribution in [3.8, 4) is 11.5 Å². The summed E-state index contributed by atoms with van der Waals surface area (Å²) in [6, 6.07) is 4.83. The van der Waals surface area contributed by atoms with Crippen LogP contribution in [0.2, 0.25) is 0 Å². The first kappa shape index (κ1) is 8.91. The third-order valence-electron chi connectivity index (χ3n) is 2.17. The van der Waals surface area contributed by atoms with E-state index in [1.165, 1.54) is 0 Å². The van der Waals surface area contributed by atoms with Gasteiger partial charge in [-0.3, -0.25) is 0 Å². The number of phenolic OH excluding ortho intramolecular Hbond substituents is 2. The van der Waals surface area contributed by atoms with Crippen molar-refractivity contribution in [2.75, 3.05) is 0 Å². The lowest BCUT2D eigenvalue weighted by molar-refractivity contribution is 0.429. The van der Waals surface area contributed by atoms with E-state index in [1.807, 2.05) is 13.8 Å². The quantitative estimate of drug-likeness (QED) is 0.709. The van der Waals surface area contributed by atoms with Gasteiger partial charge in [0.25, 0.3) is 0 Å². The Labute approximate surface area is 72.5 Å². The monoisotopic (exact) mass is 166 g/mol. The summed E-state index contributed by atoms with van der Waals surface area (Å²) in [6.45, 7) is 4.01. The van der Waals surface area contributed by atoms with Crippen molar-refractivity contribution in [1.29, 1.82) is 0 Å². The zero-order valence-electron chi connectivity index (χ0n) is 7.41. The van der Waals surface area contributed by atoms with Crippen LogP contribution in [0.3, 0.4) is 0 Å². The van der Waals surface area contributed by atoms with Crippen molar-refractivity contribution in [3.05, 3.63) is 23.8 Å². The summed E-state index contributed by atoms with van der Waals surface area (Å²) in [5, 5.41) is 18.9. The fourth-order valence-corrected chi connectivity index (χ4v) is 1.25. The molecule has 0 saturated heterocycles. The lowest BCUT2D eigenvalue weighted by atomic mass is 9.97. The van der Waals surface area contributed by atoms with Crippen molar-refractivity contribution in [2.45, 2.75) is 26.2 Å². The molecule has 66 valence electrons. The van der Waals surface area contributed by atoms with E-state index in [9.17, 15) is 10.2 Å². The normalized spacial score (nSPS) is 12.8. The van der Waals surface area contributed by atoms with E-state index in [-0.39, 0.29) is 17.4 Å². The molecule has 1 atom stereocenters. The molecule has 0 fully saturated rings. The van der Waals surface area contributed by atoms with E-state index < -0.39 is 0 Å². The van der Waals surface area contributed by atoms with E-state index >= 15 is 0 Å². The average Bonchev–Trinajstić information content (AvgIpc) is 2.03. The van der Waals surface area contributed by atoms with Crippen molar-refractivity contribution >= 4 is 0 Å². The van der Waals surface area contributed by atoms with Gasteiger partial charge in [-0.2, -0.15) is 0 Å². The van der Waals surface area contributed by atoms with Gasteiger partial charge in [0.1, 0.15) is 11.5 Å². The van der Waals surface area contributed by atoms with Gasteiger partial charge in [-0.25, -0.2) is 0 Å². The van der Waals surface area contributed by atoms with Crippen molar-refractivity contribution in [3.63, 3.8) is 0 Å². The summed E-state index contributed by atoms with van der Waals surface area (Å²) >= 11 is 0. The van der Waals surface area contributed by atoms with Crippen molar-refractivity contribution in [2.24, 2.45) is 0 Å². The molecule has 0 aliphatic carbocycles. The Bertz CT molecular complexity index is 248. The summed E-state index contributed by atoms with van der Waals surface area (Å²) in [7, 11) is 0. The minimum absolute atomic E-state index is 0.185. The number of phenols is 2. The Morgan fingerprint density at radius 3 is 2.17 bits per heavy atom. The van der Waals surface area contributed by atoms with Gasteiger partial charge in [-0.05, 0) is 24.5 Å². The molecule has 1 aromatic carbocycles. The molecule has 1 unspecified atom stereocenters. The standard InChI is InChI=1S/C10H14O2/c1-3-7(2)10-8(11)5-4-6-9(10)12/h4-7,11-12H,3H2,1-2H3. The molecule has 0 amide bonds. The predicted octanol–water partition coefficient (Wildman–Crippen LogP) is 2.61. The van der Waals surface area contributed by atoms with Crippen LogP contribution in [0.15, 0.2) is 18.2 Å². The Balaban J connectivity index is 3.12. The molecule has 0 bridgehead atoms. The zero-order valence-corrected chi connectivity index (χ0v) is 7.41. The predicted molar refractivity (Wildman–Crippen MR) is 48.5 cm³/mol. The van der Waals surface area contributed by atoms with E-state index in [1.54, 1.807) is 18.2 Å². The van der Waals surface area contributed by atoms with Crippen LogP contribution in [0.1, 0.15) is 31.7 Å². The van der Waals surface area contributed by atoms with Gasteiger partial charge in [-0.1, -0.05) is 19.9 Å². The maximum absolute atomic E-state index is 9.43. The highest BCUT2D eigenvalue weighted by atomic mass is 16.3. The highest BCUT2D eigenvalue weighted by molar-refractivity contribution is 5.45. The van der Waals surface area contributed by atoms with E-state index in [0.717, 1.165) is 6.42 Å². The van der Waals surface area contributed by atoms with Gasteiger partial charge >= 0.3 is 0 Å². The fourth-order valence-electron chi connectivity index (χ4n) is 1.25. The summed E-state index contributed by atoms with van der Waals surface area (Å²) in [5.74, 6) is 0.569. The smallest absolute Gasteiger partial charge is 0.122 e. The number of benzene rings is 1. The number of hydrogen-bond acceptors (Lipinski definition) is 2. The van der Waals surface area contributed by atoms with E-state index in [0.29, 0.717) is 5.56 Å². The molecular weight excluding hydrogens is 152 g/mol. The Kier molecular flexibility index (Phi) is 2.58. The highest BCUT2D eigenvalue weighted by Gasteiger charge is 2.12. The molecule has 0 heterocycles. The molecule has 0 saturated carbocycles. The van der Waals surface area contributed by atoms with Crippen LogP contribution in [0.25, 0.3) is 0 Å². The molecular formula is C10H14O2. The third-order valence-corrected chi connectivity index (χ3v) is 2.17. The van der Waals surface area contributed by atoms with Gasteiger partial charge in [-0.15, -0.1) is 0 Å². The van der Waals surface area contributed by atoms with Crippen molar-refractivity contribution in [1.82, 2.24) is 0 Å². The first-order valence-corrected chi connectivity index (χ1v) is 4.17. The van der Waals surface area contributed by atoms with Gasteiger partial charge in [0.2, 0.25) is 0 Å². The summed E-state index contributed by atoms with van der Waals surface area (Å²) in [4.78, 5) is 0. The Morgan fingerprint density at radius 2 is 1.75 bits per heavy atom. The van der Waals surface area contributed by atoms with E-state index in [4.69, 9.17) is 0 Å². The molecule has 0 spiro atoms. The first-order valence-electron chi connectivity index (χ1n) is 4.17. The summed E-state index contributed by atoms with van der Waals surface area (Å²) < 4.78 is 0. The van der Waals surface area contributed by atoms with Crippen LogP contribution in [-0.2, 0) is 0 Å². The second kappa shape index (κ2) is 3.48. The summed E-state index contributed by atoms with van der Waals surface area (Å²) in [6.07, 6.45) is 0.908. The maximum atomic E-state index is 9.43. The largest absolute Gasteiger partial charge is 0.508 e. The Hall–Kier alpha value is -1.18. The van der Waals surface area contributed by atoms with Gasteiger partial charge < -0.3 is 10.2 Å². The number of aromatic hydroxyl groups is 2. The van der Waals surface area contributed by atoms with Crippen molar-refractivity contribution < 1.29 is 10.2 Å². The molecule has 0 aliphatic heterocycles. The third kappa shape index (κ3) is 1.52. The fraction of sp³-hybridized carbons (Fsp3) is 0.400. The molecule has 2 heteroatoms. The topological polar surface area (TPSA) is 40.5 Å². The molecule has 0 aliphatic rings. The first-order chi connectivity index (χ1) is 5.66. The minimum atomic E-state index is 0.185. The van der Waals surface area contributed by atoms with Gasteiger partial charge in [0.05, 0.1) is 0 Å². The SMILES string of the molecule is CCC(C)c1c(O)cccc1O. The van der Waals surface area contributed by atoms with Crippen LogP contribution in [0.4, 0.5) is 0 Å². The number of hydrogen-bond donors (Lipinski definition) is 2. The van der Waals surface area contributed by atoms with E-state index in [2.05, 4.69) is 0 Å². The minimum Gasteiger partial charge on any atom is -0.508 e. The van der Waals surface area contributed by atoms with Crippen LogP contribution in [-0.4, -0.2) is 10.2 Å². The van der Waals surface area contributed by atoms with Gasteiger partial charge in [0.15, 0.2) is 0 Å². The lowest BCUT2D eigenvalue weighted by Gasteiger charge is -2.12. The molecule has 0 aromatic heterocycles. The second-order valence-corrected chi connectivity index (χ2v) is 3.02. The van der Waals surface area contributed by atoms with Crippen LogP contribution in [0.5, 0.6) is 11.5 Å². The number of rotatable bonds is 2. The zero-order chi connectivity index (χ0) is 9.14. The van der Waals surface area contributed by atoms with Crippen LogP contribution >= 0.6 is 0 Å². The maximum Gasteiger partial charge on any atom is 0.122 e. The van der Waals surface area contributed by atoms with Crippen LogP contribution < -0.4 is 0 Å². The lowest BCUT2D eigenvalue weighted by Crippen LogP contribution is -1.92. The summed E-state index contributed by atoms with van der Waals surface area (Å²) in [5.41, 5.74) is 0.653. The average molecular weight is 166 g/mol. The highest BCUT2D eigenvalue weighted by Crippen LogP contribution is 2.34. The van der Waals surface area contributed by atoms with Gasteiger partial charge in [0, 0.05) is 5.56 Å². The molecule has 2 N–H and O–H groups in total. The molecule has 1 rings (SSSR count). The molecule has 0 radical (unpaired) electrons. The molecule has 2 nitrogen and oxygen atoms in total. The Morgan fingerprint density at radius 1 is 1.25 bits per heavy atom. The second-order valence-electron chi connectivity index (χ2n) is 3.02. The molecule has 12 heavy (non-hydrogen) atoms. The molecule has 1 aromatic rings.